The minimum atomic E-state index is -0.831. The normalized spacial score (nSPS) is 28.2. The van der Waals surface area contributed by atoms with Gasteiger partial charge >= 0.3 is 12.0 Å². The van der Waals surface area contributed by atoms with Gasteiger partial charge in [0, 0.05) is 22.5 Å². The van der Waals surface area contributed by atoms with Crippen LogP contribution in [0.15, 0.2) is 22.7 Å². The average molecular weight is 502 g/mol. The molecule has 0 aromatic heterocycles. The smallest absolute Gasteiger partial charge is 0.315 e. The van der Waals surface area contributed by atoms with Gasteiger partial charge in [-0.05, 0) is 65.7 Å². The SMILES string of the molecule is CC[C@H](C)C(CO)[C@@](C)(NC(=O)NC12CC(C(=O)OC)(C1)C2)c1ccc(Br)c(Cl)c1. The maximum absolute atomic E-state index is 13.0. The van der Waals surface area contributed by atoms with E-state index in [0.717, 1.165) is 16.5 Å². The number of benzene rings is 1. The molecule has 2 bridgehead atoms. The van der Waals surface area contributed by atoms with Crippen molar-refractivity contribution in [3.05, 3.63) is 33.3 Å². The third-order valence-electron chi connectivity index (χ3n) is 7.19. The number of hydrogen-bond donors (Lipinski definition) is 3. The Morgan fingerprint density at radius 2 is 2.00 bits per heavy atom. The fourth-order valence-corrected chi connectivity index (χ4v) is 5.70. The summed E-state index contributed by atoms with van der Waals surface area (Å²) in [5.74, 6) is -0.238. The third kappa shape index (κ3) is 3.84. The zero-order valence-corrected chi connectivity index (χ0v) is 20.2. The van der Waals surface area contributed by atoms with Crippen molar-refractivity contribution < 1.29 is 19.4 Å². The molecule has 2 amide bonds. The second-order valence-corrected chi connectivity index (χ2v) is 10.4. The van der Waals surface area contributed by atoms with Crippen LogP contribution in [-0.4, -0.2) is 36.4 Å². The molecule has 166 valence electrons. The number of amides is 2. The zero-order valence-electron chi connectivity index (χ0n) is 17.9. The van der Waals surface area contributed by atoms with Gasteiger partial charge in [-0.1, -0.05) is 37.9 Å². The monoisotopic (exact) mass is 500 g/mol. The van der Waals surface area contributed by atoms with E-state index in [0.29, 0.717) is 24.3 Å². The summed E-state index contributed by atoms with van der Waals surface area (Å²) in [5, 5.41) is 17.0. The molecule has 0 spiro atoms. The Morgan fingerprint density at radius 1 is 1.37 bits per heavy atom. The van der Waals surface area contributed by atoms with E-state index in [1.165, 1.54) is 7.11 Å². The lowest BCUT2D eigenvalue weighted by Crippen LogP contribution is -2.78. The Balaban J connectivity index is 1.80. The number of carbonyl (C=O) groups is 2. The maximum Gasteiger partial charge on any atom is 0.315 e. The highest BCUT2D eigenvalue weighted by Gasteiger charge is 2.73. The summed E-state index contributed by atoms with van der Waals surface area (Å²) in [4.78, 5) is 24.9. The van der Waals surface area contributed by atoms with Crippen LogP contribution in [0, 0.1) is 17.3 Å². The van der Waals surface area contributed by atoms with Crippen molar-refractivity contribution in [2.24, 2.45) is 17.3 Å². The molecule has 3 atom stereocenters. The van der Waals surface area contributed by atoms with Gasteiger partial charge in [0.05, 0.1) is 23.1 Å². The predicted molar refractivity (Wildman–Crippen MR) is 119 cm³/mol. The Morgan fingerprint density at radius 3 is 2.50 bits per heavy atom. The lowest BCUT2D eigenvalue weighted by molar-refractivity contribution is -0.199. The Bertz CT molecular complexity index is 829. The molecule has 0 saturated heterocycles. The number of methoxy groups -OCH3 is 1. The Labute approximate surface area is 191 Å². The van der Waals surface area contributed by atoms with Gasteiger partial charge in [0.1, 0.15) is 0 Å². The van der Waals surface area contributed by atoms with Crippen LogP contribution in [0.25, 0.3) is 0 Å². The van der Waals surface area contributed by atoms with E-state index in [1.807, 2.05) is 25.1 Å². The molecule has 0 aliphatic heterocycles. The Hall–Kier alpha value is -1.31. The number of carbonyl (C=O) groups excluding carboxylic acids is 2. The largest absolute Gasteiger partial charge is 0.469 e. The molecule has 3 aliphatic carbocycles. The first-order valence-corrected chi connectivity index (χ1v) is 11.5. The van der Waals surface area contributed by atoms with Crippen LogP contribution in [0.2, 0.25) is 5.02 Å². The number of rotatable bonds is 8. The third-order valence-corrected chi connectivity index (χ3v) is 8.42. The molecule has 3 N–H and O–H groups in total. The van der Waals surface area contributed by atoms with Gasteiger partial charge in [-0.15, -0.1) is 0 Å². The second-order valence-electron chi connectivity index (χ2n) is 9.17. The van der Waals surface area contributed by atoms with E-state index in [-0.39, 0.29) is 36.0 Å². The lowest BCUT2D eigenvalue weighted by atomic mass is 9.39. The standard InChI is InChI=1S/C22H30BrClN2O4/c1-5-13(2)15(9-27)20(3,14-6-7-16(23)17(24)8-14)25-19(29)26-22-10-21(11-22,12-22)18(28)30-4/h6-8,13,15,27H,5,9-12H2,1-4H3,(H2,25,26,29)/t13-,15?,20-,21?,22?/m0/s1. The van der Waals surface area contributed by atoms with Crippen molar-refractivity contribution in [1.29, 1.82) is 0 Å². The van der Waals surface area contributed by atoms with Crippen LogP contribution >= 0.6 is 27.5 Å². The molecule has 3 fully saturated rings. The molecule has 3 aliphatic rings. The summed E-state index contributed by atoms with van der Waals surface area (Å²) in [6.07, 6.45) is 2.68. The number of halogens is 2. The van der Waals surface area contributed by atoms with Gasteiger partial charge in [-0.2, -0.15) is 0 Å². The van der Waals surface area contributed by atoms with Gasteiger partial charge in [-0.3, -0.25) is 4.79 Å². The zero-order chi connectivity index (χ0) is 22.3. The summed E-state index contributed by atoms with van der Waals surface area (Å²) in [5.41, 5.74) is -0.771. The molecule has 30 heavy (non-hydrogen) atoms. The molecule has 0 heterocycles. The molecule has 1 aromatic carbocycles. The number of aliphatic hydroxyl groups is 1. The second kappa shape index (κ2) is 8.32. The predicted octanol–water partition coefficient (Wildman–Crippen LogP) is 4.37. The van der Waals surface area contributed by atoms with Crippen molar-refractivity contribution >= 4 is 39.5 Å². The quantitative estimate of drug-likeness (QED) is 0.462. The van der Waals surface area contributed by atoms with Crippen molar-refractivity contribution in [2.75, 3.05) is 13.7 Å². The highest BCUT2D eigenvalue weighted by molar-refractivity contribution is 9.10. The highest BCUT2D eigenvalue weighted by Crippen LogP contribution is 2.67. The number of esters is 1. The number of hydrogen-bond acceptors (Lipinski definition) is 4. The molecule has 0 radical (unpaired) electrons. The lowest BCUT2D eigenvalue weighted by Gasteiger charge is -2.68. The van der Waals surface area contributed by atoms with Crippen LogP contribution in [0.5, 0.6) is 0 Å². The first-order valence-electron chi connectivity index (χ1n) is 10.3. The van der Waals surface area contributed by atoms with Gasteiger partial charge in [0.15, 0.2) is 0 Å². The number of urea groups is 1. The van der Waals surface area contributed by atoms with Crippen LogP contribution in [0.3, 0.4) is 0 Å². The summed E-state index contributed by atoms with van der Waals surface area (Å²) in [6.45, 7) is 5.99. The molecule has 1 aromatic rings. The van der Waals surface area contributed by atoms with Crippen molar-refractivity contribution in [1.82, 2.24) is 10.6 Å². The van der Waals surface area contributed by atoms with Crippen molar-refractivity contribution in [2.45, 2.75) is 57.5 Å². The summed E-state index contributed by atoms with van der Waals surface area (Å²) >= 11 is 9.75. The van der Waals surface area contributed by atoms with Gasteiger partial charge in [-0.25, -0.2) is 4.79 Å². The molecule has 8 heteroatoms. The molecule has 3 saturated carbocycles. The summed E-state index contributed by atoms with van der Waals surface area (Å²) in [7, 11) is 1.40. The van der Waals surface area contributed by atoms with E-state index < -0.39 is 11.0 Å². The molecule has 4 rings (SSSR count). The summed E-state index contributed by atoms with van der Waals surface area (Å²) < 4.78 is 5.65. The first-order chi connectivity index (χ1) is 14.0. The van der Waals surface area contributed by atoms with Crippen LogP contribution in [0.1, 0.15) is 52.0 Å². The minimum absolute atomic E-state index is 0.0733. The highest BCUT2D eigenvalue weighted by atomic mass is 79.9. The number of ether oxygens (including phenoxy) is 1. The number of nitrogens with one attached hydrogen (secondary N) is 2. The van der Waals surface area contributed by atoms with Crippen molar-refractivity contribution in [3.8, 4) is 0 Å². The molecular weight excluding hydrogens is 472 g/mol. The van der Waals surface area contributed by atoms with E-state index in [4.69, 9.17) is 16.3 Å². The maximum atomic E-state index is 13.0. The minimum Gasteiger partial charge on any atom is -0.469 e. The van der Waals surface area contributed by atoms with E-state index in [9.17, 15) is 14.7 Å². The van der Waals surface area contributed by atoms with Crippen LogP contribution in [0.4, 0.5) is 4.79 Å². The van der Waals surface area contributed by atoms with Gasteiger partial charge in [0.2, 0.25) is 0 Å². The van der Waals surface area contributed by atoms with E-state index in [1.54, 1.807) is 0 Å². The van der Waals surface area contributed by atoms with Crippen LogP contribution < -0.4 is 10.6 Å². The Kier molecular flexibility index (Phi) is 6.48. The van der Waals surface area contributed by atoms with Crippen molar-refractivity contribution in [3.63, 3.8) is 0 Å². The summed E-state index contributed by atoms with van der Waals surface area (Å²) in [6, 6.07) is 5.28. The molecule has 6 nitrogen and oxygen atoms in total. The molecular formula is C22H30BrClN2O4. The topological polar surface area (TPSA) is 87.7 Å². The number of aliphatic hydroxyl groups excluding tert-OH is 1. The van der Waals surface area contributed by atoms with Gasteiger partial charge in [0.25, 0.3) is 0 Å². The first kappa shape index (κ1) is 23.4. The van der Waals surface area contributed by atoms with E-state index >= 15 is 0 Å². The average Bonchev–Trinajstić information content (AvgIpc) is 2.65. The fraction of sp³-hybridized carbons (Fsp3) is 0.636. The molecule has 1 unspecified atom stereocenters. The van der Waals surface area contributed by atoms with E-state index in [2.05, 4.69) is 40.4 Å². The van der Waals surface area contributed by atoms with Gasteiger partial charge < -0.3 is 20.5 Å². The van der Waals surface area contributed by atoms with Crippen LogP contribution in [-0.2, 0) is 15.1 Å². The fourth-order valence-electron chi connectivity index (χ4n) is 5.28.